The first-order chi connectivity index (χ1) is 33.1. The van der Waals surface area contributed by atoms with Crippen LogP contribution in [0.2, 0.25) is 0 Å². The van der Waals surface area contributed by atoms with Crippen LogP contribution < -0.4 is 32.3 Å². The van der Waals surface area contributed by atoms with Gasteiger partial charge in [-0.2, -0.15) is 43.6 Å². The largest absolute Gasteiger partial charge is 0.378 e. The van der Waals surface area contributed by atoms with Crippen molar-refractivity contribution in [2.45, 2.75) is 19.6 Å². The average molecular weight is 1130 g/mol. The number of nitrogens with zero attached hydrogens (tertiary/aromatic N) is 8. The van der Waals surface area contributed by atoms with E-state index in [0.29, 0.717) is 52.6 Å². The second-order valence-corrected chi connectivity index (χ2v) is 20.7. The smallest absolute Gasteiger partial charge is 0.295 e. The van der Waals surface area contributed by atoms with Gasteiger partial charge in [-0.25, -0.2) is 20.0 Å². The predicted molar refractivity (Wildman–Crippen MR) is 270 cm³/mol. The van der Waals surface area contributed by atoms with E-state index >= 15 is 0 Å². The van der Waals surface area contributed by atoms with Crippen molar-refractivity contribution in [2.24, 2.45) is 20.0 Å². The minimum absolute atomic E-state index is 0. The van der Waals surface area contributed by atoms with Crippen LogP contribution >= 0.6 is 0 Å². The second kappa shape index (κ2) is 27.0. The van der Waals surface area contributed by atoms with E-state index in [1.807, 2.05) is 9.80 Å². The Kier molecular flexibility index (Phi) is 23.2. The number of aromatic nitrogens is 6. The predicted octanol–water partition coefficient (Wildman–Crippen LogP) is 0.0258. The topological polar surface area (TPSA) is 381 Å². The summed E-state index contributed by atoms with van der Waals surface area (Å²) in [6.45, 7) is 3.20. The van der Waals surface area contributed by atoms with E-state index in [-0.39, 0.29) is 186 Å². The number of H-pyrrole nitrogens is 4. The summed E-state index contributed by atoms with van der Waals surface area (Å²) in [4.78, 5) is 39.9. The first-order valence-electron chi connectivity index (χ1n) is 20.5. The molecule has 2 fully saturated rings. The molecule has 0 bridgehead atoms. The fourth-order valence-corrected chi connectivity index (χ4v) is 9.33. The first-order valence-corrected chi connectivity index (χ1v) is 26.2. The molecule has 4 aromatic carbocycles. The third-order valence-electron chi connectivity index (χ3n) is 10.1. The summed E-state index contributed by atoms with van der Waals surface area (Å²) in [5.74, 6) is 0.538. The van der Waals surface area contributed by atoms with Gasteiger partial charge in [0.05, 0.1) is 59.0 Å². The van der Waals surface area contributed by atoms with Gasteiger partial charge in [0.15, 0.2) is 0 Å². The molecule has 0 aliphatic carbocycles. The van der Waals surface area contributed by atoms with Crippen LogP contribution in [-0.2, 0) is 49.9 Å². The molecule has 0 spiro atoms. The van der Waals surface area contributed by atoms with E-state index in [1.54, 1.807) is 0 Å². The van der Waals surface area contributed by atoms with Crippen molar-refractivity contribution in [3.63, 3.8) is 0 Å². The molecule has 6 aromatic rings. The van der Waals surface area contributed by atoms with Gasteiger partial charge in [0.2, 0.25) is 34.4 Å². The Morgan fingerprint density at radius 3 is 1.15 bits per heavy atom. The van der Waals surface area contributed by atoms with E-state index in [0.717, 1.165) is 24.3 Å². The zero-order valence-corrected chi connectivity index (χ0v) is 51.2. The summed E-state index contributed by atoms with van der Waals surface area (Å²) >= 11 is 0. The van der Waals surface area contributed by atoms with Gasteiger partial charge in [0.1, 0.15) is 9.79 Å². The molecule has 4 radical (unpaired) electrons. The molecule has 2 aliphatic rings. The molecule has 0 saturated carbocycles. The molecular weight excluding hydrogens is 1090 g/mol. The number of hydrogen-bond donors (Lipinski definition) is 8. The van der Waals surface area contributed by atoms with Crippen LogP contribution in [0.1, 0.15) is 11.1 Å². The van der Waals surface area contributed by atoms with Crippen molar-refractivity contribution in [1.82, 2.24) is 29.9 Å². The second-order valence-electron chi connectivity index (χ2n) is 15.0. The Labute approximate surface area is 510 Å². The molecule has 74 heavy (non-hydrogen) atoms. The van der Waals surface area contributed by atoms with Gasteiger partial charge in [-0.1, -0.05) is 36.4 Å². The number of aromatic amines is 4. The molecule has 8 N–H and O–H groups in total. The monoisotopic (exact) mass is 1130 g/mol. The van der Waals surface area contributed by atoms with Crippen LogP contribution in [0.5, 0.6) is 0 Å². The van der Waals surface area contributed by atoms with Crippen LogP contribution in [0, 0.1) is 0 Å². The average Bonchev–Trinajstić information content (AvgIpc) is 3.31. The van der Waals surface area contributed by atoms with Crippen molar-refractivity contribution in [1.29, 1.82) is 0 Å². The fourth-order valence-electron chi connectivity index (χ4n) is 6.88. The number of rotatable bonds is 12. The quantitative estimate of drug-likeness (QED) is 0.0455. The van der Waals surface area contributed by atoms with Crippen LogP contribution in [0.4, 0.5) is 34.6 Å². The van der Waals surface area contributed by atoms with Gasteiger partial charge in [-0.3, -0.25) is 38.1 Å². The summed E-state index contributed by atoms with van der Waals surface area (Å²) < 4.78 is 149. The third kappa shape index (κ3) is 17.2. The summed E-state index contributed by atoms with van der Waals surface area (Å²) in [7, 11) is -19.0. The van der Waals surface area contributed by atoms with E-state index < -0.39 is 60.1 Å². The molecule has 2 aliphatic heterocycles. The number of morpholine rings is 2. The van der Waals surface area contributed by atoms with Gasteiger partial charge in [-0.15, -0.1) is 0 Å². The van der Waals surface area contributed by atoms with E-state index in [1.165, 1.54) is 72.8 Å². The number of anilines is 2. The Bertz CT molecular complexity index is 3560. The van der Waals surface area contributed by atoms with Gasteiger partial charge < -0.3 is 19.3 Å². The van der Waals surface area contributed by atoms with E-state index in [2.05, 4.69) is 49.9 Å². The van der Waals surface area contributed by atoms with Crippen molar-refractivity contribution >= 4 is 205 Å². The molecule has 34 heteroatoms. The molecule has 0 atom stereocenters. The zero-order chi connectivity index (χ0) is 49.8. The van der Waals surface area contributed by atoms with Gasteiger partial charge in [0.25, 0.3) is 40.5 Å². The zero-order valence-electron chi connectivity index (χ0n) is 40.0. The molecule has 26 nitrogen and oxygen atoms in total. The normalized spacial score (nSPS) is 15.5. The maximum absolute atomic E-state index is 12.8. The van der Waals surface area contributed by atoms with Gasteiger partial charge >= 0.3 is 0 Å². The van der Waals surface area contributed by atoms with Crippen LogP contribution in [0.25, 0.3) is 12.2 Å². The van der Waals surface area contributed by atoms with Crippen LogP contribution in [-0.4, -0.2) is 253 Å². The van der Waals surface area contributed by atoms with Gasteiger partial charge in [-0.05, 0) is 71.8 Å². The maximum atomic E-state index is 12.8. The molecular formula is C40H40N12Na4O14S4. The number of ether oxygens (including phenoxy) is 2. The molecule has 0 amide bonds. The third-order valence-corrected chi connectivity index (χ3v) is 13.7. The van der Waals surface area contributed by atoms with E-state index in [4.69, 9.17) is 9.47 Å². The molecule has 2 saturated heterocycles. The summed E-state index contributed by atoms with van der Waals surface area (Å²) in [6.07, 6.45) is 2.38. The minimum Gasteiger partial charge on any atom is -0.378 e. The number of benzene rings is 4. The fraction of sp³-hybridized carbons (Fsp3) is 0.200. The Morgan fingerprint density at radius 1 is 0.459 bits per heavy atom. The molecule has 2 aromatic heterocycles. The molecule has 8 rings (SSSR count). The Morgan fingerprint density at radius 2 is 0.811 bits per heavy atom. The van der Waals surface area contributed by atoms with Crippen LogP contribution in [0.3, 0.4) is 0 Å². The summed E-state index contributed by atoms with van der Waals surface area (Å²) in [6, 6.07) is 17.7. The van der Waals surface area contributed by atoms with Gasteiger partial charge in [0, 0.05) is 144 Å². The summed E-state index contributed by atoms with van der Waals surface area (Å²) in [5.41, 5.74) is -0.186. The molecule has 0 unspecified atom stereocenters. The minimum atomic E-state index is -4.97. The number of nitrogens with one attached hydrogen (secondary N) is 4. The van der Waals surface area contributed by atoms with Crippen LogP contribution in [0.15, 0.2) is 124 Å². The molecule has 4 heterocycles. The Balaban J connectivity index is 0.00000296. The standard InChI is InChI=1S/C40H40N12O14S4.4Na/c53-67(54,55)31-5-1-3-27(21-31)41-35-45-37(49-39(47-35)51-13-17-65-18-14-51)43-29-11-9-25(33(23-29)69(59,60)61)7-8-26-10-12-30(24-34(26)70(62,63)64)44-38-46-36(48-40(50-38)52-15-19-66-20-16-52)42-28-4-2-6-32(22-28)68(56,57)58;;;;/h1-12,21-24H,13-20H2,(H,53,54,55)(H,56,57,58)(H,59,60,61)(H,62,63,64)(H2,41,43,45,47,49)(H2,42,44,46,48,50);;;;. The maximum Gasteiger partial charge on any atom is 0.295 e. The molecule has 372 valence electrons. The first kappa shape index (κ1) is 63.5. The Hall–Kier alpha value is -3.00. The van der Waals surface area contributed by atoms with Crippen molar-refractivity contribution in [2.75, 3.05) is 62.4 Å². The van der Waals surface area contributed by atoms with Crippen molar-refractivity contribution in [3.05, 3.63) is 119 Å². The summed E-state index contributed by atoms with van der Waals surface area (Å²) in [5, 5.41) is 0. The van der Waals surface area contributed by atoms with Crippen molar-refractivity contribution in [3.8, 4) is 0 Å². The van der Waals surface area contributed by atoms with Crippen molar-refractivity contribution < 1.29 is 61.4 Å². The SMILES string of the molecule is O=S(=O)(O)c1cccc(N=c2nc(N3CCOCC3)[nH]c(=Nc3ccc(C=Cc4ccc(N=c5[nH]c(N6CCOCC6)nc(=Nc6cccc(S(=O)(=O)O)c6)[nH]5)cc4S(=O)(=O)O)c(S(=O)(=O)O)c3)[nH]2)c1.[Na].[Na].[Na].[Na]. The van der Waals surface area contributed by atoms with E-state index in [9.17, 15) is 51.9 Å². The number of hydrogen-bond acceptors (Lipinski definition) is 18.